The van der Waals surface area contributed by atoms with Gasteiger partial charge >= 0.3 is 35.8 Å². The second kappa shape index (κ2) is 30.5. The van der Waals surface area contributed by atoms with Gasteiger partial charge in [-0.1, -0.05) is 0 Å². The van der Waals surface area contributed by atoms with E-state index in [9.17, 15) is 68.4 Å². The molecule has 0 aliphatic rings. The summed E-state index contributed by atoms with van der Waals surface area (Å²) in [6.07, 6.45) is 0.222. The quantitative estimate of drug-likeness (QED) is 0.0262. The van der Waals surface area contributed by atoms with Crippen LogP contribution in [0, 0.1) is 0 Å². The van der Waals surface area contributed by atoms with Crippen molar-refractivity contribution in [3.05, 3.63) is 0 Å². The normalized spacial score (nSPS) is 11.3. The summed E-state index contributed by atoms with van der Waals surface area (Å²) in [5.74, 6) is -9.36. The molecule has 0 bridgehead atoms. The summed E-state index contributed by atoms with van der Waals surface area (Å²) in [6.45, 7) is -4.29. The van der Waals surface area contributed by atoms with Crippen molar-refractivity contribution in [3.8, 4) is 0 Å². The van der Waals surface area contributed by atoms with E-state index in [-0.39, 0.29) is 98.0 Å². The highest BCUT2D eigenvalue weighted by Gasteiger charge is 2.21. The lowest BCUT2D eigenvalue weighted by atomic mass is 10.3. The Morgan fingerprint density at radius 2 is 0.525 bits per heavy atom. The third-order valence-electron chi connectivity index (χ3n) is 8.11. The van der Waals surface area contributed by atoms with E-state index in [2.05, 4.69) is 21.3 Å². The Kier molecular flexibility index (Phi) is 27.7. The van der Waals surface area contributed by atoms with Crippen LogP contribution in [0.5, 0.6) is 0 Å². The van der Waals surface area contributed by atoms with Gasteiger partial charge in [-0.25, -0.2) is 0 Å². The van der Waals surface area contributed by atoms with Crippen LogP contribution in [-0.2, 0) is 47.9 Å². The van der Waals surface area contributed by atoms with E-state index in [4.69, 9.17) is 10.2 Å². The highest BCUT2D eigenvalue weighted by Crippen LogP contribution is 1.99. The highest BCUT2D eigenvalue weighted by atomic mass is 16.4. The zero-order chi connectivity index (χ0) is 44.9. The Bertz CT molecular complexity index is 1320. The zero-order valence-corrected chi connectivity index (χ0v) is 33.3. The number of aliphatic carboxylic acids is 6. The van der Waals surface area contributed by atoms with Crippen molar-refractivity contribution >= 4 is 59.4 Å². The Balaban J connectivity index is 5.11. The van der Waals surface area contributed by atoms with Crippen LogP contribution < -0.4 is 21.3 Å². The van der Waals surface area contributed by atoms with Crippen LogP contribution in [-0.4, -0.2) is 264 Å². The summed E-state index contributed by atoms with van der Waals surface area (Å²) in [7, 11) is 2.75. The van der Waals surface area contributed by atoms with Gasteiger partial charge in [-0.2, -0.15) is 0 Å². The molecular weight excluding hydrogens is 792 g/mol. The Morgan fingerprint density at radius 3 is 0.746 bits per heavy atom. The predicted molar refractivity (Wildman–Crippen MR) is 203 cm³/mol. The topological polar surface area (TPSA) is 360 Å². The number of amides is 4. The van der Waals surface area contributed by atoms with Gasteiger partial charge in [0.1, 0.15) is 0 Å². The van der Waals surface area contributed by atoms with E-state index in [1.807, 2.05) is 0 Å². The molecule has 0 fully saturated rings. The number of rotatable bonds is 36. The lowest BCUT2D eigenvalue weighted by Crippen LogP contribution is -2.47. The van der Waals surface area contributed by atoms with Crippen LogP contribution in [0.3, 0.4) is 0 Å². The molecule has 0 atom stereocenters. The number of carboxylic acids is 6. The molecule has 0 aromatic heterocycles. The molecule has 59 heavy (non-hydrogen) atoms. The third kappa shape index (κ3) is 30.2. The molecule has 26 heteroatoms. The summed E-state index contributed by atoms with van der Waals surface area (Å²) >= 11 is 0. The molecule has 0 spiro atoms. The average molecular weight is 851 g/mol. The fraction of sp³-hybridized carbons (Fsp3) is 0.697. The molecule has 0 rings (SSSR count). The maximum absolute atomic E-state index is 12.6. The van der Waals surface area contributed by atoms with Crippen LogP contribution in [0.1, 0.15) is 6.42 Å². The van der Waals surface area contributed by atoms with Crippen molar-refractivity contribution in [1.29, 1.82) is 0 Å². The van der Waals surface area contributed by atoms with E-state index in [1.165, 1.54) is 43.5 Å². The molecule has 10 N–H and O–H groups in total. The fourth-order valence-electron chi connectivity index (χ4n) is 5.30. The molecule has 4 amide bonds. The van der Waals surface area contributed by atoms with Gasteiger partial charge in [0.05, 0.1) is 65.4 Å². The highest BCUT2D eigenvalue weighted by molar-refractivity contribution is 5.80. The van der Waals surface area contributed by atoms with E-state index in [0.717, 1.165) is 0 Å². The lowest BCUT2D eigenvalue weighted by Gasteiger charge is -2.28. The van der Waals surface area contributed by atoms with Crippen molar-refractivity contribution in [2.75, 3.05) is 145 Å². The smallest absolute Gasteiger partial charge is 0.317 e. The number of nitrogens with zero attached hydrogens (tertiary/aromatic N) is 6. The van der Waals surface area contributed by atoms with Crippen LogP contribution >= 0.6 is 0 Å². The van der Waals surface area contributed by atoms with E-state index in [1.54, 1.807) is 0 Å². The summed E-state index contributed by atoms with van der Waals surface area (Å²) in [5, 5.41) is 65.7. The van der Waals surface area contributed by atoms with Gasteiger partial charge in [-0.15, -0.1) is 0 Å². The van der Waals surface area contributed by atoms with Gasteiger partial charge in [0.15, 0.2) is 0 Å². The molecule has 0 saturated carbocycles. The van der Waals surface area contributed by atoms with Gasteiger partial charge in [0, 0.05) is 79.5 Å². The standard InChI is InChI=1S/C33H58N10O16/c1-34-24(44)14-40(20-30(52)53)10-6-38(18-28(48)49)8-12-42(22-32(56)57)16-26(46)36-4-3-5-37-27(47)17-43(23-33(58)59)13-9-39(19-29(50)51)7-11-41(21-31(54)55)15-25(45)35-2/h3-23H2,1-2H3,(H,34,44)(H,35,45)(H,36,46)(H,37,47)(H,48,49)(H,50,51)(H,52,53)(H,54,55)(H,56,57)(H,58,59). The minimum atomic E-state index is -1.25. The number of carbonyl (C=O) groups excluding carboxylic acids is 4. The number of likely N-dealkylation sites (N-methyl/N-ethyl adjacent to an activating group) is 2. The zero-order valence-electron chi connectivity index (χ0n) is 33.3. The van der Waals surface area contributed by atoms with Crippen molar-refractivity contribution in [1.82, 2.24) is 50.7 Å². The predicted octanol–water partition coefficient (Wildman–Crippen LogP) is -6.58. The Morgan fingerprint density at radius 1 is 0.322 bits per heavy atom. The molecule has 0 aliphatic heterocycles. The van der Waals surface area contributed by atoms with Crippen molar-refractivity contribution < 1.29 is 78.6 Å². The molecule has 26 nitrogen and oxygen atoms in total. The van der Waals surface area contributed by atoms with E-state index >= 15 is 0 Å². The number of carbonyl (C=O) groups is 10. The van der Waals surface area contributed by atoms with Crippen LogP contribution in [0.25, 0.3) is 0 Å². The minimum absolute atomic E-state index is 0.00492. The first-order valence-corrected chi connectivity index (χ1v) is 18.3. The van der Waals surface area contributed by atoms with Gasteiger partial charge in [-0.3, -0.25) is 77.3 Å². The molecular formula is C33H58N10O16. The van der Waals surface area contributed by atoms with Gasteiger partial charge < -0.3 is 51.9 Å². The van der Waals surface area contributed by atoms with Crippen molar-refractivity contribution in [3.63, 3.8) is 0 Å². The maximum atomic E-state index is 12.6. The number of carboxylic acid groups (broad SMARTS) is 6. The van der Waals surface area contributed by atoms with Crippen LogP contribution in [0.15, 0.2) is 0 Å². The summed E-state index contributed by atoms with van der Waals surface area (Å²) in [4.78, 5) is 125. The second-order valence-corrected chi connectivity index (χ2v) is 13.2. The first kappa shape index (κ1) is 53.5. The molecule has 0 aromatic rings. The van der Waals surface area contributed by atoms with Crippen molar-refractivity contribution in [2.24, 2.45) is 0 Å². The molecule has 0 aromatic carbocycles. The molecule has 0 heterocycles. The summed E-state index contributed by atoms with van der Waals surface area (Å²) in [5.41, 5.74) is 0. The number of hydrogen-bond donors (Lipinski definition) is 10. The minimum Gasteiger partial charge on any atom is -0.480 e. The number of hydrogen-bond acceptors (Lipinski definition) is 16. The third-order valence-corrected chi connectivity index (χ3v) is 8.11. The lowest BCUT2D eigenvalue weighted by molar-refractivity contribution is -0.141. The molecule has 336 valence electrons. The van der Waals surface area contributed by atoms with Gasteiger partial charge in [-0.05, 0) is 6.42 Å². The van der Waals surface area contributed by atoms with Crippen LogP contribution in [0.4, 0.5) is 0 Å². The van der Waals surface area contributed by atoms with Gasteiger partial charge in [0.2, 0.25) is 23.6 Å². The molecule has 0 aliphatic carbocycles. The van der Waals surface area contributed by atoms with E-state index in [0.29, 0.717) is 0 Å². The first-order valence-electron chi connectivity index (χ1n) is 18.3. The van der Waals surface area contributed by atoms with Gasteiger partial charge in [0.25, 0.3) is 0 Å². The molecule has 0 radical (unpaired) electrons. The van der Waals surface area contributed by atoms with Crippen molar-refractivity contribution in [2.45, 2.75) is 6.42 Å². The average Bonchev–Trinajstić information content (AvgIpc) is 3.11. The SMILES string of the molecule is CNC(=O)CN(CCN(CCN(CC(=O)O)CC(=O)NCCCNC(=O)CN(CCN(CCN(CC(=O)O)CC(=O)NC)CC(=O)O)CC(=O)O)CC(=O)O)CC(=O)O. The first-order chi connectivity index (χ1) is 27.7. The monoisotopic (exact) mass is 850 g/mol. The Hall–Kier alpha value is -5.54. The van der Waals surface area contributed by atoms with E-state index < -0.39 is 98.7 Å². The summed E-state index contributed by atoms with van der Waals surface area (Å²) in [6, 6.07) is 0. The summed E-state index contributed by atoms with van der Waals surface area (Å²) < 4.78 is 0. The maximum Gasteiger partial charge on any atom is 0.317 e. The molecule has 0 saturated heterocycles. The van der Waals surface area contributed by atoms with Crippen LogP contribution in [0.2, 0.25) is 0 Å². The number of nitrogens with one attached hydrogen (secondary N) is 4. The fourth-order valence-corrected chi connectivity index (χ4v) is 5.30. The Labute approximate surface area is 340 Å². The largest absolute Gasteiger partial charge is 0.480 e. The second-order valence-electron chi connectivity index (χ2n) is 13.2. The molecule has 0 unspecified atom stereocenters.